The molecule has 1 amide bonds. The highest BCUT2D eigenvalue weighted by Crippen LogP contribution is 2.48. The van der Waals surface area contributed by atoms with Crippen LogP contribution in [0, 0.1) is 0 Å². The molecule has 0 bridgehead atoms. The van der Waals surface area contributed by atoms with Crippen LogP contribution in [0.15, 0.2) is 48.5 Å². The smallest absolute Gasteiger partial charge is 0.449 e. The number of benzene rings is 3. The molecule has 0 spiro atoms. The molecule has 1 aliphatic rings. The second kappa shape index (κ2) is 11.4. The number of carbonyl (C=O) groups is 2. The number of alkyl carbamates (subject to hydrolysis) is 1. The first-order chi connectivity index (χ1) is 17.2. The van der Waals surface area contributed by atoms with Gasteiger partial charge < -0.3 is 19.5 Å². The van der Waals surface area contributed by atoms with Gasteiger partial charge in [-0.15, -0.1) is 0 Å². The number of ether oxygens (including phenoxy) is 3. The summed E-state index contributed by atoms with van der Waals surface area (Å²) in [6.07, 6.45) is -1.78. The minimum absolute atomic E-state index is 0.0720. The van der Waals surface area contributed by atoms with Gasteiger partial charge in [0.1, 0.15) is 23.3 Å². The Hall–Kier alpha value is -2.35. The molecule has 1 atom stereocenters. The van der Waals surface area contributed by atoms with Gasteiger partial charge in [-0.3, -0.25) is 0 Å². The van der Waals surface area contributed by atoms with Crippen molar-refractivity contribution < 1.29 is 23.8 Å². The van der Waals surface area contributed by atoms with E-state index >= 15 is 0 Å². The van der Waals surface area contributed by atoms with Crippen molar-refractivity contribution in [1.82, 2.24) is 5.32 Å². The standard InChI is InChI=1S/C25H18Cl5NO5/c1-12(10-35-25(33)36-23-21(29)19(27)18(26)20(28)22(23)30)31-24(32)34-11-17-15-8-4-2-6-13(15)14-7-3-5-9-16(14)17/h2-9,12,17H,10-11H2,1H3,(H,31,32)/t12-/m0/s1. The molecule has 3 aromatic rings. The SMILES string of the molecule is C[C@@H](COC(=O)Oc1c(Cl)c(Cl)c(Cl)c(Cl)c1Cl)NC(=O)OCC1c2ccccc2-c2ccccc21. The predicted octanol–water partition coefficient (Wildman–Crippen LogP) is 8.40. The zero-order chi connectivity index (χ0) is 26.0. The van der Waals surface area contributed by atoms with E-state index in [0.717, 1.165) is 22.3 Å². The topological polar surface area (TPSA) is 73.9 Å². The number of carbonyl (C=O) groups excluding carboxylic acids is 2. The minimum atomic E-state index is -1.13. The van der Waals surface area contributed by atoms with Gasteiger partial charge in [-0.2, -0.15) is 0 Å². The third-order valence-electron chi connectivity index (χ3n) is 5.51. The molecule has 0 heterocycles. The molecule has 0 radical (unpaired) electrons. The lowest BCUT2D eigenvalue weighted by Gasteiger charge is -2.17. The van der Waals surface area contributed by atoms with Crippen LogP contribution in [-0.4, -0.2) is 31.5 Å². The second-order valence-electron chi connectivity index (χ2n) is 7.93. The molecule has 188 valence electrons. The molecular formula is C25H18Cl5NO5. The molecule has 4 rings (SSSR count). The Morgan fingerprint density at radius 3 is 1.86 bits per heavy atom. The number of fused-ring (bicyclic) bond motifs is 3. The molecule has 0 fully saturated rings. The molecule has 0 unspecified atom stereocenters. The van der Waals surface area contributed by atoms with Gasteiger partial charge in [0, 0.05) is 5.92 Å². The van der Waals surface area contributed by atoms with Crippen molar-refractivity contribution in [2.45, 2.75) is 18.9 Å². The third kappa shape index (κ3) is 5.48. The molecule has 1 aliphatic carbocycles. The predicted molar refractivity (Wildman–Crippen MR) is 141 cm³/mol. The van der Waals surface area contributed by atoms with E-state index in [1.807, 2.05) is 36.4 Å². The third-order valence-corrected chi connectivity index (χ3v) is 7.76. The van der Waals surface area contributed by atoms with Crippen molar-refractivity contribution in [1.29, 1.82) is 0 Å². The van der Waals surface area contributed by atoms with Crippen molar-refractivity contribution in [3.05, 3.63) is 84.8 Å². The Morgan fingerprint density at radius 2 is 1.31 bits per heavy atom. The number of halogens is 5. The van der Waals surface area contributed by atoms with Gasteiger partial charge >= 0.3 is 12.2 Å². The van der Waals surface area contributed by atoms with Crippen LogP contribution in [0.1, 0.15) is 24.0 Å². The summed E-state index contributed by atoms with van der Waals surface area (Å²) >= 11 is 29.9. The molecule has 0 aromatic heterocycles. The fourth-order valence-electron chi connectivity index (χ4n) is 3.86. The summed E-state index contributed by atoms with van der Waals surface area (Å²) in [5.41, 5.74) is 4.47. The van der Waals surface area contributed by atoms with Crippen LogP contribution in [0.2, 0.25) is 25.1 Å². The van der Waals surface area contributed by atoms with Gasteiger partial charge in [0.2, 0.25) is 0 Å². The Morgan fingerprint density at radius 1 is 0.806 bits per heavy atom. The first-order valence-corrected chi connectivity index (χ1v) is 12.6. The van der Waals surface area contributed by atoms with E-state index in [1.165, 1.54) is 0 Å². The zero-order valence-corrected chi connectivity index (χ0v) is 22.4. The molecular weight excluding hydrogens is 572 g/mol. The molecule has 11 heteroatoms. The maximum absolute atomic E-state index is 12.4. The maximum Gasteiger partial charge on any atom is 0.514 e. The van der Waals surface area contributed by atoms with Crippen molar-refractivity contribution in [3.63, 3.8) is 0 Å². The highest BCUT2D eigenvalue weighted by Gasteiger charge is 2.29. The van der Waals surface area contributed by atoms with Gasteiger partial charge in [0.25, 0.3) is 0 Å². The highest BCUT2D eigenvalue weighted by atomic mass is 35.5. The molecule has 1 N–H and O–H groups in total. The quantitative estimate of drug-likeness (QED) is 0.135. The lowest BCUT2D eigenvalue weighted by atomic mass is 9.98. The number of hydrogen-bond acceptors (Lipinski definition) is 5. The van der Waals surface area contributed by atoms with Gasteiger partial charge in [-0.1, -0.05) is 107 Å². The summed E-state index contributed by atoms with van der Waals surface area (Å²) < 4.78 is 15.5. The minimum Gasteiger partial charge on any atom is -0.449 e. The van der Waals surface area contributed by atoms with E-state index in [2.05, 4.69) is 17.4 Å². The van der Waals surface area contributed by atoms with E-state index in [-0.39, 0.29) is 50.0 Å². The van der Waals surface area contributed by atoms with Crippen LogP contribution < -0.4 is 10.1 Å². The average Bonchev–Trinajstić information content (AvgIpc) is 3.20. The van der Waals surface area contributed by atoms with Gasteiger partial charge in [0.15, 0.2) is 5.75 Å². The van der Waals surface area contributed by atoms with Crippen molar-refractivity contribution in [2.75, 3.05) is 13.2 Å². The highest BCUT2D eigenvalue weighted by molar-refractivity contribution is 6.55. The van der Waals surface area contributed by atoms with Crippen molar-refractivity contribution in [3.8, 4) is 16.9 Å². The Balaban J connectivity index is 1.29. The van der Waals surface area contributed by atoms with E-state index < -0.39 is 18.3 Å². The number of amides is 1. The molecule has 0 saturated carbocycles. The molecule has 0 aliphatic heterocycles. The van der Waals surface area contributed by atoms with Crippen LogP contribution in [0.5, 0.6) is 5.75 Å². The average molecular weight is 590 g/mol. The summed E-state index contributed by atoms with van der Waals surface area (Å²) in [6.45, 7) is 1.57. The van der Waals surface area contributed by atoms with Gasteiger partial charge in [-0.25, -0.2) is 9.59 Å². The molecule has 36 heavy (non-hydrogen) atoms. The Bertz CT molecular complexity index is 1260. The summed E-state index contributed by atoms with van der Waals surface area (Å²) in [4.78, 5) is 24.5. The molecule has 3 aromatic carbocycles. The monoisotopic (exact) mass is 587 g/mol. The molecule has 0 saturated heterocycles. The van der Waals surface area contributed by atoms with Crippen LogP contribution in [-0.2, 0) is 9.47 Å². The van der Waals surface area contributed by atoms with Crippen LogP contribution in [0.25, 0.3) is 11.1 Å². The number of hydrogen-bond donors (Lipinski definition) is 1. The largest absolute Gasteiger partial charge is 0.514 e. The fraction of sp³-hybridized carbons (Fsp3) is 0.200. The van der Waals surface area contributed by atoms with E-state index in [0.29, 0.717) is 0 Å². The fourth-order valence-corrected chi connectivity index (χ4v) is 5.06. The van der Waals surface area contributed by atoms with E-state index in [1.54, 1.807) is 6.92 Å². The maximum atomic E-state index is 12.4. The lowest BCUT2D eigenvalue weighted by molar-refractivity contribution is 0.0873. The van der Waals surface area contributed by atoms with Crippen LogP contribution >= 0.6 is 58.0 Å². The van der Waals surface area contributed by atoms with Crippen LogP contribution in [0.4, 0.5) is 9.59 Å². The van der Waals surface area contributed by atoms with E-state index in [4.69, 9.17) is 72.2 Å². The van der Waals surface area contributed by atoms with Gasteiger partial charge in [-0.05, 0) is 29.2 Å². The lowest BCUT2D eigenvalue weighted by Crippen LogP contribution is -2.37. The normalized spacial score (nSPS) is 12.9. The van der Waals surface area contributed by atoms with E-state index in [9.17, 15) is 9.59 Å². The summed E-state index contributed by atoms with van der Waals surface area (Å²) in [6, 6.07) is 15.5. The van der Waals surface area contributed by atoms with Gasteiger partial charge in [0.05, 0.1) is 21.1 Å². The molecule has 6 nitrogen and oxygen atoms in total. The summed E-state index contributed by atoms with van der Waals surface area (Å²) in [5, 5.41) is 1.90. The van der Waals surface area contributed by atoms with Crippen molar-refractivity contribution in [2.24, 2.45) is 0 Å². The number of nitrogens with one attached hydrogen (secondary N) is 1. The Labute approximate surface area is 232 Å². The second-order valence-corrected chi connectivity index (χ2v) is 9.82. The van der Waals surface area contributed by atoms with Crippen molar-refractivity contribution >= 4 is 70.3 Å². The zero-order valence-electron chi connectivity index (χ0n) is 18.6. The number of rotatable bonds is 6. The summed E-state index contributed by atoms with van der Waals surface area (Å²) in [7, 11) is 0. The summed E-state index contributed by atoms with van der Waals surface area (Å²) in [5.74, 6) is -0.364. The first kappa shape index (κ1) is 26.7. The first-order valence-electron chi connectivity index (χ1n) is 10.7. The Kier molecular flexibility index (Phi) is 8.43. The van der Waals surface area contributed by atoms with Crippen LogP contribution in [0.3, 0.4) is 0 Å².